The van der Waals surface area contributed by atoms with Crippen molar-refractivity contribution in [3.05, 3.63) is 59.7 Å². The second-order valence-corrected chi connectivity index (χ2v) is 17.3. The lowest BCUT2D eigenvalue weighted by Crippen LogP contribution is -2.30. The maximum Gasteiger partial charge on any atom is 0.242 e. The minimum atomic E-state index is -1.67. The molecule has 0 heterocycles. The SMILES string of the molecule is CCC(c1ccccc1O[Si](C)(C)C)c1ccccc1O[Si](C)(C)C. The topological polar surface area (TPSA) is 18.5 Å². The summed E-state index contributed by atoms with van der Waals surface area (Å²) in [6, 6.07) is 17.0. The van der Waals surface area contributed by atoms with Crippen LogP contribution in [0.2, 0.25) is 39.3 Å². The second kappa shape index (κ2) is 7.79. The lowest BCUT2D eigenvalue weighted by molar-refractivity contribution is 0.528. The molecule has 0 unspecified atom stereocenters. The average Bonchev–Trinajstić information content (AvgIpc) is 2.48. The lowest BCUT2D eigenvalue weighted by Gasteiger charge is -2.28. The van der Waals surface area contributed by atoms with Crippen LogP contribution in [0.5, 0.6) is 11.5 Å². The molecule has 0 aliphatic heterocycles. The van der Waals surface area contributed by atoms with Crippen molar-refractivity contribution in [1.29, 1.82) is 0 Å². The zero-order chi connectivity index (χ0) is 18.7. The molecule has 2 aromatic carbocycles. The van der Waals surface area contributed by atoms with Gasteiger partial charge in [0.25, 0.3) is 0 Å². The third-order valence-corrected chi connectivity index (χ3v) is 5.49. The van der Waals surface area contributed by atoms with Gasteiger partial charge in [0.2, 0.25) is 16.6 Å². The zero-order valence-corrected chi connectivity index (χ0v) is 18.7. The van der Waals surface area contributed by atoms with Gasteiger partial charge in [0, 0.05) is 17.0 Å². The molecule has 0 radical (unpaired) electrons. The van der Waals surface area contributed by atoms with E-state index in [9.17, 15) is 0 Å². The highest BCUT2D eigenvalue weighted by molar-refractivity contribution is 6.70. The molecule has 2 rings (SSSR count). The van der Waals surface area contributed by atoms with E-state index < -0.39 is 16.6 Å². The molecule has 2 aromatic rings. The highest BCUT2D eigenvalue weighted by Crippen LogP contribution is 2.39. The molecule has 0 fully saturated rings. The predicted octanol–water partition coefficient (Wildman–Crippen LogP) is 6.66. The Hall–Kier alpha value is -1.53. The third kappa shape index (κ3) is 5.75. The summed E-state index contributed by atoms with van der Waals surface area (Å²) < 4.78 is 12.8. The molecule has 0 aliphatic carbocycles. The van der Waals surface area contributed by atoms with Crippen molar-refractivity contribution in [2.45, 2.75) is 58.5 Å². The number of rotatable bonds is 7. The summed E-state index contributed by atoms with van der Waals surface area (Å²) in [5.74, 6) is 2.33. The predicted molar refractivity (Wildman–Crippen MR) is 113 cm³/mol. The van der Waals surface area contributed by atoms with Gasteiger partial charge in [-0.15, -0.1) is 0 Å². The maximum atomic E-state index is 6.38. The summed E-state index contributed by atoms with van der Waals surface area (Å²) in [5.41, 5.74) is 2.53. The second-order valence-electron chi connectivity index (χ2n) is 8.47. The lowest BCUT2D eigenvalue weighted by atomic mass is 9.88. The Kier molecular flexibility index (Phi) is 6.17. The standard InChI is InChI=1S/C21H32O2Si2/c1-8-17(18-13-9-11-15-20(18)22-24(2,3)4)19-14-10-12-16-21(19)23-25(5,6)7/h9-17H,8H2,1-7H3. The number of benzene rings is 2. The van der Waals surface area contributed by atoms with Crippen LogP contribution in [0.15, 0.2) is 48.5 Å². The van der Waals surface area contributed by atoms with Crippen molar-refractivity contribution in [2.24, 2.45) is 0 Å². The van der Waals surface area contributed by atoms with Gasteiger partial charge in [0.1, 0.15) is 11.5 Å². The molecule has 0 aromatic heterocycles. The first-order chi connectivity index (χ1) is 11.6. The van der Waals surface area contributed by atoms with Crippen LogP contribution in [0.25, 0.3) is 0 Å². The van der Waals surface area contributed by atoms with E-state index in [1.165, 1.54) is 11.1 Å². The van der Waals surface area contributed by atoms with Crippen molar-refractivity contribution in [3.63, 3.8) is 0 Å². The Morgan fingerprint density at radius 2 is 1.04 bits per heavy atom. The first-order valence-electron chi connectivity index (χ1n) is 9.16. The van der Waals surface area contributed by atoms with Crippen molar-refractivity contribution in [1.82, 2.24) is 0 Å². The van der Waals surface area contributed by atoms with E-state index in [-0.39, 0.29) is 5.92 Å². The maximum absolute atomic E-state index is 6.38. The van der Waals surface area contributed by atoms with Crippen LogP contribution in [0, 0.1) is 0 Å². The van der Waals surface area contributed by atoms with Crippen molar-refractivity contribution in [2.75, 3.05) is 0 Å². The van der Waals surface area contributed by atoms with Crippen molar-refractivity contribution >= 4 is 16.6 Å². The quantitative estimate of drug-likeness (QED) is 0.506. The van der Waals surface area contributed by atoms with E-state index >= 15 is 0 Å². The molecule has 0 saturated carbocycles. The largest absolute Gasteiger partial charge is 0.544 e. The van der Waals surface area contributed by atoms with Crippen molar-refractivity contribution < 1.29 is 8.85 Å². The summed E-state index contributed by atoms with van der Waals surface area (Å²) >= 11 is 0. The van der Waals surface area contributed by atoms with Gasteiger partial charge in [0.05, 0.1) is 0 Å². The van der Waals surface area contributed by atoms with E-state index in [0.29, 0.717) is 0 Å². The van der Waals surface area contributed by atoms with Crippen LogP contribution in [0.3, 0.4) is 0 Å². The monoisotopic (exact) mass is 372 g/mol. The fourth-order valence-electron chi connectivity index (χ4n) is 2.99. The van der Waals surface area contributed by atoms with Gasteiger partial charge >= 0.3 is 0 Å². The summed E-state index contributed by atoms with van der Waals surface area (Å²) in [5, 5.41) is 0. The number of hydrogen-bond donors (Lipinski definition) is 0. The third-order valence-electron chi connectivity index (χ3n) is 3.83. The van der Waals surface area contributed by atoms with E-state index in [0.717, 1.165) is 17.9 Å². The molecule has 0 bridgehead atoms. The molecule has 0 saturated heterocycles. The van der Waals surface area contributed by atoms with Gasteiger partial charge in [-0.2, -0.15) is 0 Å². The molecule has 0 atom stereocenters. The van der Waals surface area contributed by atoms with E-state index in [1.807, 2.05) is 0 Å². The summed E-state index contributed by atoms with van der Waals surface area (Å²) in [7, 11) is -3.33. The first kappa shape index (κ1) is 19.8. The fourth-order valence-corrected chi connectivity index (χ4v) is 4.68. The normalized spacial score (nSPS) is 12.3. The number of para-hydroxylation sites is 2. The molecule has 0 N–H and O–H groups in total. The molecule has 136 valence electrons. The first-order valence-corrected chi connectivity index (χ1v) is 16.0. The average molecular weight is 373 g/mol. The molecule has 0 aliphatic rings. The molecule has 0 amide bonds. The van der Waals surface area contributed by atoms with Crippen LogP contribution in [0.4, 0.5) is 0 Å². The summed E-state index contributed by atoms with van der Waals surface area (Å²) in [6.45, 7) is 15.6. The highest BCUT2D eigenvalue weighted by Gasteiger charge is 2.25. The zero-order valence-electron chi connectivity index (χ0n) is 16.7. The highest BCUT2D eigenvalue weighted by atomic mass is 28.4. The van der Waals surface area contributed by atoms with Gasteiger partial charge in [0.15, 0.2) is 0 Å². The van der Waals surface area contributed by atoms with Crippen LogP contribution >= 0.6 is 0 Å². The molecule has 25 heavy (non-hydrogen) atoms. The molecular weight excluding hydrogens is 340 g/mol. The van der Waals surface area contributed by atoms with E-state index in [4.69, 9.17) is 8.85 Å². The van der Waals surface area contributed by atoms with Gasteiger partial charge < -0.3 is 8.85 Å². The molecular formula is C21H32O2Si2. The Labute approximate surface area is 155 Å². The van der Waals surface area contributed by atoms with Crippen LogP contribution in [-0.2, 0) is 0 Å². The van der Waals surface area contributed by atoms with E-state index in [1.54, 1.807) is 0 Å². The summed E-state index contributed by atoms with van der Waals surface area (Å²) in [6.07, 6.45) is 1.01. The minimum absolute atomic E-state index is 0.278. The smallest absolute Gasteiger partial charge is 0.242 e. The summed E-state index contributed by atoms with van der Waals surface area (Å²) in [4.78, 5) is 0. The Bertz CT molecular complexity index is 640. The van der Waals surface area contributed by atoms with Crippen LogP contribution in [-0.4, -0.2) is 16.6 Å². The Balaban J connectivity index is 2.49. The Morgan fingerprint density at radius 1 is 0.680 bits per heavy atom. The molecule has 4 heteroatoms. The van der Waals surface area contributed by atoms with Gasteiger partial charge in [-0.3, -0.25) is 0 Å². The van der Waals surface area contributed by atoms with Gasteiger partial charge in [-0.05, 0) is 57.8 Å². The Morgan fingerprint density at radius 3 is 1.36 bits per heavy atom. The fraction of sp³-hybridized carbons (Fsp3) is 0.429. The van der Waals surface area contributed by atoms with Gasteiger partial charge in [-0.25, -0.2) is 0 Å². The molecule has 2 nitrogen and oxygen atoms in total. The molecule has 0 spiro atoms. The van der Waals surface area contributed by atoms with Crippen LogP contribution < -0.4 is 8.85 Å². The van der Waals surface area contributed by atoms with Crippen LogP contribution in [0.1, 0.15) is 30.4 Å². The van der Waals surface area contributed by atoms with Crippen molar-refractivity contribution in [3.8, 4) is 11.5 Å². The number of hydrogen-bond acceptors (Lipinski definition) is 2. The minimum Gasteiger partial charge on any atom is -0.544 e. The van der Waals surface area contributed by atoms with Gasteiger partial charge in [-0.1, -0.05) is 43.3 Å². The van der Waals surface area contributed by atoms with E-state index in [2.05, 4.69) is 94.7 Å².